The average Bonchev–Trinajstić information content (AvgIpc) is 3.11. The number of fused-ring (bicyclic) bond motifs is 1. The zero-order valence-corrected chi connectivity index (χ0v) is 15.5. The highest BCUT2D eigenvalue weighted by Crippen LogP contribution is 2.34. The first-order valence-corrected chi connectivity index (χ1v) is 8.63. The Balaban J connectivity index is 1.52. The molecule has 2 aromatic carbocycles. The van der Waals surface area contributed by atoms with Crippen LogP contribution >= 0.6 is 11.6 Å². The van der Waals surface area contributed by atoms with Crippen molar-refractivity contribution in [2.45, 2.75) is 26.1 Å². The maximum atomic E-state index is 12.3. The predicted molar refractivity (Wildman–Crippen MR) is 98.3 cm³/mol. The fourth-order valence-electron chi connectivity index (χ4n) is 2.31. The quantitative estimate of drug-likeness (QED) is 0.760. The standard InChI is InChI=1S/C19H18ClNO6/c1-11(18(22)21-14-5-8-16-17(9-14)25-10-24-16)27-19(23)12(2)26-15-6-3-13(20)4-7-15/h3-9,11-12H,10H2,1-2H3,(H,21,22)/t11-,12+/m1/s1. The van der Waals surface area contributed by atoms with Gasteiger partial charge in [-0.1, -0.05) is 11.6 Å². The molecule has 0 bridgehead atoms. The third-order valence-electron chi connectivity index (χ3n) is 3.76. The number of anilines is 1. The minimum Gasteiger partial charge on any atom is -0.479 e. The first-order chi connectivity index (χ1) is 12.9. The molecule has 8 heteroatoms. The van der Waals surface area contributed by atoms with Gasteiger partial charge in [-0.05, 0) is 50.2 Å². The van der Waals surface area contributed by atoms with Crippen LogP contribution in [0.2, 0.25) is 5.02 Å². The maximum Gasteiger partial charge on any atom is 0.347 e. The van der Waals surface area contributed by atoms with Crippen LogP contribution in [0.1, 0.15) is 13.8 Å². The van der Waals surface area contributed by atoms with Gasteiger partial charge in [0.05, 0.1) is 0 Å². The zero-order chi connectivity index (χ0) is 19.4. The molecule has 0 saturated carbocycles. The number of hydrogen-bond donors (Lipinski definition) is 1. The summed E-state index contributed by atoms with van der Waals surface area (Å²) in [5, 5.41) is 3.23. The molecular formula is C19H18ClNO6. The second-order valence-corrected chi connectivity index (χ2v) is 6.29. The monoisotopic (exact) mass is 391 g/mol. The van der Waals surface area contributed by atoms with Crippen LogP contribution in [0.3, 0.4) is 0 Å². The number of benzene rings is 2. The number of rotatable bonds is 6. The molecule has 0 unspecified atom stereocenters. The molecule has 1 N–H and O–H groups in total. The fourth-order valence-corrected chi connectivity index (χ4v) is 2.43. The molecule has 0 fully saturated rings. The molecule has 0 aliphatic carbocycles. The topological polar surface area (TPSA) is 83.1 Å². The summed E-state index contributed by atoms with van der Waals surface area (Å²) in [5.41, 5.74) is 0.512. The lowest BCUT2D eigenvalue weighted by molar-refractivity contribution is -0.159. The third-order valence-corrected chi connectivity index (χ3v) is 4.01. The number of ether oxygens (including phenoxy) is 4. The molecule has 0 spiro atoms. The zero-order valence-electron chi connectivity index (χ0n) is 14.7. The van der Waals surface area contributed by atoms with Crippen LogP contribution in [0.25, 0.3) is 0 Å². The number of carbonyl (C=O) groups excluding carboxylic acids is 2. The van der Waals surface area contributed by atoms with E-state index in [1.54, 1.807) is 49.4 Å². The number of amides is 1. The SMILES string of the molecule is C[C@H](Oc1ccc(Cl)cc1)C(=O)O[C@H](C)C(=O)Nc1ccc2c(c1)OCO2. The summed E-state index contributed by atoms with van der Waals surface area (Å²) in [7, 11) is 0. The van der Waals surface area contributed by atoms with Gasteiger partial charge in [0, 0.05) is 16.8 Å². The van der Waals surface area contributed by atoms with E-state index < -0.39 is 24.1 Å². The van der Waals surface area contributed by atoms with Crippen molar-refractivity contribution in [1.29, 1.82) is 0 Å². The van der Waals surface area contributed by atoms with Gasteiger partial charge in [0.15, 0.2) is 23.7 Å². The molecule has 1 aliphatic rings. The van der Waals surface area contributed by atoms with Gasteiger partial charge in [-0.2, -0.15) is 0 Å². The summed E-state index contributed by atoms with van der Waals surface area (Å²) < 4.78 is 21.1. The van der Waals surface area contributed by atoms with Crippen molar-refractivity contribution < 1.29 is 28.5 Å². The Bertz CT molecular complexity index is 839. The molecule has 1 aliphatic heterocycles. The van der Waals surface area contributed by atoms with E-state index in [0.29, 0.717) is 28.0 Å². The van der Waals surface area contributed by atoms with Gasteiger partial charge >= 0.3 is 5.97 Å². The van der Waals surface area contributed by atoms with E-state index >= 15 is 0 Å². The minimum absolute atomic E-state index is 0.145. The Hall–Kier alpha value is -2.93. The Morgan fingerprint density at radius 1 is 1.04 bits per heavy atom. The number of hydrogen-bond acceptors (Lipinski definition) is 6. The van der Waals surface area contributed by atoms with Crippen LogP contribution in [-0.4, -0.2) is 30.9 Å². The highest BCUT2D eigenvalue weighted by atomic mass is 35.5. The lowest BCUT2D eigenvalue weighted by Crippen LogP contribution is -2.35. The van der Waals surface area contributed by atoms with Crippen molar-refractivity contribution in [2.75, 3.05) is 12.1 Å². The molecule has 1 amide bonds. The normalized spacial score (nSPS) is 14.2. The van der Waals surface area contributed by atoms with E-state index in [2.05, 4.69) is 5.32 Å². The molecule has 0 radical (unpaired) electrons. The van der Waals surface area contributed by atoms with E-state index in [4.69, 9.17) is 30.5 Å². The third kappa shape index (κ3) is 4.83. The molecule has 7 nitrogen and oxygen atoms in total. The maximum absolute atomic E-state index is 12.3. The van der Waals surface area contributed by atoms with Crippen molar-refractivity contribution in [3.63, 3.8) is 0 Å². The van der Waals surface area contributed by atoms with Crippen LogP contribution in [0.15, 0.2) is 42.5 Å². The van der Waals surface area contributed by atoms with E-state index in [1.165, 1.54) is 6.92 Å². The van der Waals surface area contributed by atoms with E-state index in [1.807, 2.05) is 0 Å². The van der Waals surface area contributed by atoms with Crippen molar-refractivity contribution in [2.24, 2.45) is 0 Å². The average molecular weight is 392 g/mol. The van der Waals surface area contributed by atoms with Crippen molar-refractivity contribution in [3.05, 3.63) is 47.5 Å². The Morgan fingerprint density at radius 2 is 1.74 bits per heavy atom. The lowest BCUT2D eigenvalue weighted by atomic mass is 10.2. The highest BCUT2D eigenvalue weighted by Gasteiger charge is 2.24. The number of halogens is 1. The molecule has 3 rings (SSSR count). The van der Waals surface area contributed by atoms with Crippen molar-refractivity contribution in [1.82, 2.24) is 0 Å². The van der Waals surface area contributed by atoms with E-state index in [-0.39, 0.29) is 6.79 Å². The first-order valence-electron chi connectivity index (χ1n) is 8.25. The Labute approximate surface area is 161 Å². The van der Waals surface area contributed by atoms with Gasteiger partial charge in [-0.3, -0.25) is 4.79 Å². The Kier molecular flexibility index (Phi) is 5.71. The van der Waals surface area contributed by atoms with Crippen LogP contribution in [0, 0.1) is 0 Å². The van der Waals surface area contributed by atoms with Crippen LogP contribution in [0.4, 0.5) is 5.69 Å². The second kappa shape index (κ2) is 8.18. The van der Waals surface area contributed by atoms with E-state index in [0.717, 1.165) is 0 Å². The van der Waals surface area contributed by atoms with Crippen molar-refractivity contribution in [3.8, 4) is 17.2 Å². The van der Waals surface area contributed by atoms with Gasteiger partial charge < -0.3 is 24.3 Å². The van der Waals surface area contributed by atoms with Gasteiger partial charge in [-0.25, -0.2) is 4.79 Å². The van der Waals surface area contributed by atoms with Crippen LogP contribution in [-0.2, 0) is 14.3 Å². The summed E-state index contributed by atoms with van der Waals surface area (Å²) in [6.07, 6.45) is -1.88. The summed E-state index contributed by atoms with van der Waals surface area (Å²) >= 11 is 5.81. The summed E-state index contributed by atoms with van der Waals surface area (Å²) in [6, 6.07) is 11.6. The van der Waals surface area contributed by atoms with Gasteiger partial charge in [-0.15, -0.1) is 0 Å². The molecule has 1 heterocycles. The molecule has 27 heavy (non-hydrogen) atoms. The highest BCUT2D eigenvalue weighted by molar-refractivity contribution is 6.30. The molecule has 142 valence electrons. The minimum atomic E-state index is -1.00. The summed E-state index contributed by atoms with van der Waals surface area (Å²) in [6.45, 7) is 3.17. The summed E-state index contributed by atoms with van der Waals surface area (Å²) in [5.74, 6) is 0.503. The van der Waals surface area contributed by atoms with Gasteiger partial charge in [0.2, 0.25) is 6.79 Å². The first kappa shape index (κ1) is 18.8. The molecule has 2 aromatic rings. The smallest absolute Gasteiger partial charge is 0.347 e. The molecule has 0 aromatic heterocycles. The second-order valence-electron chi connectivity index (χ2n) is 5.85. The van der Waals surface area contributed by atoms with Crippen molar-refractivity contribution >= 4 is 29.2 Å². The molecule has 0 saturated heterocycles. The fraction of sp³-hybridized carbons (Fsp3) is 0.263. The Morgan fingerprint density at radius 3 is 2.48 bits per heavy atom. The molecule has 2 atom stereocenters. The lowest BCUT2D eigenvalue weighted by Gasteiger charge is -2.18. The largest absolute Gasteiger partial charge is 0.479 e. The van der Waals surface area contributed by atoms with Crippen LogP contribution < -0.4 is 19.5 Å². The van der Waals surface area contributed by atoms with E-state index in [9.17, 15) is 9.59 Å². The predicted octanol–water partition coefficient (Wildman–Crippen LogP) is 3.41. The number of nitrogens with one attached hydrogen (secondary N) is 1. The summed E-state index contributed by atoms with van der Waals surface area (Å²) in [4.78, 5) is 24.4. The number of carbonyl (C=O) groups is 2. The molecular weight excluding hydrogens is 374 g/mol. The van der Waals surface area contributed by atoms with Gasteiger partial charge in [0.1, 0.15) is 5.75 Å². The number of esters is 1. The van der Waals surface area contributed by atoms with Crippen LogP contribution in [0.5, 0.6) is 17.2 Å². The van der Waals surface area contributed by atoms with Gasteiger partial charge in [0.25, 0.3) is 5.91 Å².